The Hall–Kier alpha value is -0.0400. The molecule has 0 atom stereocenters. The molecule has 0 aromatic carbocycles. The van der Waals surface area contributed by atoms with E-state index in [1.165, 1.54) is 12.8 Å². The highest BCUT2D eigenvalue weighted by Crippen LogP contribution is 2.32. The van der Waals surface area contributed by atoms with Crippen LogP contribution >= 0.6 is 0 Å². The normalized spacial score (nSPS) is 19.5. The fraction of sp³-hybridized carbons (Fsp3) is 1.00. The molecule has 0 spiro atoms. The van der Waals surface area contributed by atoms with Crippen LogP contribution in [0.25, 0.3) is 0 Å². The number of rotatable bonds is 3. The minimum Gasteiger partial charge on any atom is -0.380 e. The quantitative estimate of drug-likeness (QED) is 0.633. The molecule has 1 heterocycles. The summed E-state index contributed by atoms with van der Waals surface area (Å²) in [4.78, 5) is 0. The summed E-state index contributed by atoms with van der Waals surface area (Å²) in [5, 5.41) is 0. The maximum absolute atomic E-state index is 5.17. The van der Waals surface area contributed by atoms with E-state index < -0.39 is 0 Å². The molecule has 1 aliphatic rings. The van der Waals surface area contributed by atoms with Crippen molar-refractivity contribution in [2.45, 2.75) is 47.5 Å². The van der Waals surface area contributed by atoms with Gasteiger partial charge in [-0.1, -0.05) is 41.0 Å². The molecular formula is C11H24O. The van der Waals surface area contributed by atoms with E-state index in [9.17, 15) is 0 Å². The first kappa shape index (κ1) is 12.0. The smallest absolute Gasteiger partial charge is 0.0542 e. The summed E-state index contributed by atoms with van der Waals surface area (Å²) >= 11 is 0. The lowest BCUT2D eigenvalue weighted by Gasteiger charge is -2.38. The van der Waals surface area contributed by atoms with Crippen molar-refractivity contribution in [2.24, 2.45) is 11.3 Å². The van der Waals surface area contributed by atoms with Gasteiger partial charge in [-0.15, -0.1) is 0 Å². The van der Waals surface area contributed by atoms with E-state index in [0.717, 1.165) is 19.1 Å². The predicted octanol–water partition coefficient (Wildman–Crippen LogP) is 3.49. The van der Waals surface area contributed by atoms with Gasteiger partial charge in [-0.05, 0) is 12.3 Å². The summed E-state index contributed by atoms with van der Waals surface area (Å²) in [7, 11) is 0. The van der Waals surface area contributed by atoms with Gasteiger partial charge in [-0.2, -0.15) is 0 Å². The first-order valence-corrected chi connectivity index (χ1v) is 5.20. The fourth-order valence-corrected chi connectivity index (χ4v) is 1.23. The molecule has 1 nitrogen and oxygen atoms in total. The topological polar surface area (TPSA) is 9.23 Å². The van der Waals surface area contributed by atoms with Crippen LogP contribution < -0.4 is 0 Å². The molecule has 0 saturated carbocycles. The van der Waals surface area contributed by atoms with Gasteiger partial charge in [0.2, 0.25) is 0 Å². The van der Waals surface area contributed by atoms with Crippen molar-refractivity contribution < 1.29 is 4.74 Å². The summed E-state index contributed by atoms with van der Waals surface area (Å²) in [6, 6.07) is 0. The van der Waals surface area contributed by atoms with E-state index in [1.807, 2.05) is 13.8 Å². The van der Waals surface area contributed by atoms with Crippen molar-refractivity contribution in [3.05, 3.63) is 0 Å². The maximum Gasteiger partial charge on any atom is 0.0542 e. The lowest BCUT2D eigenvalue weighted by atomic mass is 9.82. The first-order valence-electron chi connectivity index (χ1n) is 5.20. The van der Waals surface area contributed by atoms with E-state index in [2.05, 4.69) is 20.8 Å². The zero-order valence-electron chi connectivity index (χ0n) is 9.31. The monoisotopic (exact) mass is 172 g/mol. The zero-order valence-corrected chi connectivity index (χ0v) is 9.31. The molecule has 0 aliphatic carbocycles. The van der Waals surface area contributed by atoms with E-state index in [1.54, 1.807) is 0 Å². The van der Waals surface area contributed by atoms with Crippen LogP contribution in [0, 0.1) is 11.3 Å². The molecule has 1 heteroatoms. The lowest BCUT2D eigenvalue weighted by Crippen LogP contribution is -2.39. The molecule has 12 heavy (non-hydrogen) atoms. The number of hydrogen-bond donors (Lipinski definition) is 0. The Morgan fingerprint density at radius 1 is 1.25 bits per heavy atom. The Balaban J connectivity index is 0.000000561. The van der Waals surface area contributed by atoms with Gasteiger partial charge < -0.3 is 4.74 Å². The van der Waals surface area contributed by atoms with Crippen LogP contribution in [0.5, 0.6) is 0 Å². The molecule has 1 aliphatic heterocycles. The Morgan fingerprint density at radius 3 is 2.00 bits per heavy atom. The van der Waals surface area contributed by atoms with Crippen molar-refractivity contribution in [3.8, 4) is 0 Å². The van der Waals surface area contributed by atoms with Crippen LogP contribution in [-0.2, 0) is 4.74 Å². The lowest BCUT2D eigenvalue weighted by molar-refractivity contribution is -0.107. The molecule has 0 bridgehead atoms. The minimum absolute atomic E-state index is 0.532. The SMILES string of the molecule is CC.CC(C)CCC1(C)COC1. The number of ether oxygens (including phenoxy) is 1. The summed E-state index contributed by atoms with van der Waals surface area (Å²) in [6.45, 7) is 12.9. The molecule has 74 valence electrons. The van der Waals surface area contributed by atoms with Gasteiger partial charge in [0.1, 0.15) is 0 Å². The van der Waals surface area contributed by atoms with Crippen molar-refractivity contribution in [1.82, 2.24) is 0 Å². The van der Waals surface area contributed by atoms with Crippen molar-refractivity contribution in [3.63, 3.8) is 0 Å². The standard InChI is InChI=1S/C9H18O.C2H6/c1-8(2)4-5-9(3)6-10-7-9;1-2/h8H,4-7H2,1-3H3;1-2H3. The highest BCUT2D eigenvalue weighted by Gasteiger charge is 2.32. The van der Waals surface area contributed by atoms with Crippen molar-refractivity contribution in [1.29, 1.82) is 0 Å². The molecule has 0 aromatic rings. The molecule has 0 N–H and O–H groups in total. The molecule has 0 radical (unpaired) electrons. The van der Waals surface area contributed by atoms with Crippen LogP contribution in [0.1, 0.15) is 47.5 Å². The van der Waals surface area contributed by atoms with Crippen molar-refractivity contribution >= 4 is 0 Å². The van der Waals surface area contributed by atoms with Gasteiger partial charge in [0.25, 0.3) is 0 Å². The average Bonchev–Trinajstić information content (AvgIpc) is 2.01. The van der Waals surface area contributed by atoms with Gasteiger partial charge in [0.15, 0.2) is 0 Å². The van der Waals surface area contributed by atoms with Gasteiger partial charge in [0.05, 0.1) is 13.2 Å². The Morgan fingerprint density at radius 2 is 1.75 bits per heavy atom. The third kappa shape index (κ3) is 4.10. The molecule has 1 saturated heterocycles. The van der Waals surface area contributed by atoms with E-state index in [0.29, 0.717) is 5.41 Å². The Kier molecular flexibility index (Phi) is 5.56. The van der Waals surface area contributed by atoms with Gasteiger partial charge >= 0.3 is 0 Å². The molecule has 0 aromatic heterocycles. The van der Waals surface area contributed by atoms with Crippen LogP contribution in [0.4, 0.5) is 0 Å². The van der Waals surface area contributed by atoms with Crippen LogP contribution in [-0.4, -0.2) is 13.2 Å². The van der Waals surface area contributed by atoms with Crippen LogP contribution in [0.2, 0.25) is 0 Å². The largest absolute Gasteiger partial charge is 0.380 e. The highest BCUT2D eigenvalue weighted by atomic mass is 16.5. The second-order valence-electron chi connectivity index (χ2n) is 4.24. The Bertz CT molecular complexity index is 104. The summed E-state index contributed by atoms with van der Waals surface area (Å²) in [5.74, 6) is 0.845. The summed E-state index contributed by atoms with van der Waals surface area (Å²) in [6.07, 6.45) is 2.69. The van der Waals surface area contributed by atoms with Gasteiger partial charge in [-0.25, -0.2) is 0 Å². The molecule has 0 unspecified atom stereocenters. The second kappa shape index (κ2) is 5.58. The maximum atomic E-state index is 5.17. The van der Waals surface area contributed by atoms with Crippen molar-refractivity contribution in [2.75, 3.05) is 13.2 Å². The molecule has 1 rings (SSSR count). The predicted molar refractivity (Wildman–Crippen MR) is 54.3 cm³/mol. The average molecular weight is 172 g/mol. The second-order valence-corrected chi connectivity index (χ2v) is 4.24. The summed E-state index contributed by atoms with van der Waals surface area (Å²) < 4.78 is 5.17. The molecule has 0 amide bonds. The third-order valence-electron chi connectivity index (χ3n) is 2.23. The zero-order chi connectivity index (χ0) is 9.61. The van der Waals surface area contributed by atoms with Crippen LogP contribution in [0.3, 0.4) is 0 Å². The van der Waals surface area contributed by atoms with E-state index in [4.69, 9.17) is 4.74 Å². The van der Waals surface area contributed by atoms with E-state index in [-0.39, 0.29) is 0 Å². The fourth-order valence-electron chi connectivity index (χ4n) is 1.23. The van der Waals surface area contributed by atoms with Gasteiger partial charge in [0, 0.05) is 5.41 Å². The summed E-state index contributed by atoms with van der Waals surface area (Å²) in [5.41, 5.74) is 0.532. The number of hydrogen-bond acceptors (Lipinski definition) is 1. The Labute approximate surface area is 77.5 Å². The van der Waals surface area contributed by atoms with E-state index >= 15 is 0 Å². The van der Waals surface area contributed by atoms with Gasteiger partial charge in [-0.3, -0.25) is 0 Å². The molecular weight excluding hydrogens is 148 g/mol. The third-order valence-corrected chi connectivity index (χ3v) is 2.23. The highest BCUT2D eigenvalue weighted by molar-refractivity contribution is 4.80. The van der Waals surface area contributed by atoms with Crippen LogP contribution in [0.15, 0.2) is 0 Å². The molecule has 1 fully saturated rings. The first-order chi connectivity index (χ1) is 5.62. The minimum atomic E-state index is 0.532.